The van der Waals surface area contributed by atoms with Crippen LogP contribution in [0.5, 0.6) is 11.6 Å². The van der Waals surface area contributed by atoms with Crippen LogP contribution in [0.15, 0.2) is 71.7 Å². The molecule has 0 fully saturated rings. The molecular weight excluding hydrogens is 426 g/mol. The van der Waals surface area contributed by atoms with Crippen LogP contribution in [-0.4, -0.2) is 18.9 Å². The Labute approximate surface area is 195 Å². The van der Waals surface area contributed by atoms with Crippen LogP contribution in [-0.2, 0) is 7.05 Å². The van der Waals surface area contributed by atoms with Crippen LogP contribution in [0.4, 0.5) is 0 Å². The largest absolute Gasteiger partial charge is 0.438 e. The number of imidazole rings is 1. The fourth-order valence-corrected chi connectivity index (χ4v) is 3.96. The molecule has 0 aliphatic carbocycles. The summed E-state index contributed by atoms with van der Waals surface area (Å²) in [5, 5.41) is 10.0. The van der Waals surface area contributed by atoms with Gasteiger partial charge in [-0.2, -0.15) is 10.2 Å². The van der Waals surface area contributed by atoms with Gasteiger partial charge in [0.25, 0.3) is 5.56 Å². The summed E-state index contributed by atoms with van der Waals surface area (Å²) in [5.41, 5.74) is 4.07. The number of ether oxygens (including phenoxy) is 1. The van der Waals surface area contributed by atoms with Crippen molar-refractivity contribution in [3.63, 3.8) is 0 Å². The maximum absolute atomic E-state index is 13.6. The third-order valence-electron chi connectivity index (χ3n) is 5.69. The number of rotatable bonds is 4. The molecule has 7 nitrogen and oxygen atoms in total. The van der Waals surface area contributed by atoms with Crippen LogP contribution in [0, 0.1) is 25.2 Å². The Morgan fingerprint density at radius 1 is 1.06 bits per heavy atom. The van der Waals surface area contributed by atoms with E-state index < -0.39 is 0 Å². The van der Waals surface area contributed by atoms with Crippen LogP contribution in [0.1, 0.15) is 22.5 Å². The summed E-state index contributed by atoms with van der Waals surface area (Å²) in [7, 11) is 1.84. The van der Waals surface area contributed by atoms with E-state index in [1.165, 1.54) is 10.5 Å². The van der Waals surface area contributed by atoms with Crippen LogP contribution < -0.4 is 10.3 Å². The molecule has 0 aliphatic rings. The number of hydrogen-bond acceptors (Lipinski definition) is 5. The van der Waals surface area contributed by atoms with Crippen molar-refractivity contribution < 1.29 is 4.74 Å². The molecule has 0 radical (unpaired) electrons. The van der Waals surface area contributed by atoms with Crippen LogP contribution >= 0.6 is 0 Å². The molecule has 3 aromatic heterocycles. The van der Waals surface area contributed by atoms with E-state index in [4.69, 9.17) is 4.74 Å². The molecule has 0 saturated heterocycles. The van der Waals surface area contributed by atoms with Crippen LogP contribution in [0.3, 0.4) is 0 Å². The summed E-state index contributed by atoms with van der Waals surface area (Å²) in [6.45, 7) is 3.84. The van der Waals surface area contributed by atoms with Crippen molar-refractivity contribution in [3.8, 4) is 17.7 Å². The van der Waals surface area contributed by atoms with Crippen molar-refractivity contribution in [3.05, 3.63) is 99.7 Å². The lowest BCUT2D eigenvalue weighted by atomic mass is 10.1. The van der Waals surface area contributed by atoms with E-state index in [-0.39, 0.29) is 22.6 Å². The monoisotopic (exact) mass is 447 g/mol. The Morgan fingerprint density at radius 2 is 1.88 bits per heavy atom. The predicted molar refractivity (Wildman–Crippen MR) is 132 cm³/mol. The number of benzene rings is 2. The summed E-state index contributed by atoms with van der Waals surface area (Å²) < 4.78 is 9.40. The standard InChI is InChI=1S/C27H21N5O2/c1-17-8-6-10-20(14-17)34-26-21(27(33)32-13-7-9-18(2)24(32)30-26)15-19(16-28)25-29-22-11-4-5-12-23(22)31(25)3/h4-15H,1-3H3/b19-15+. The SMILES string of the molecule is Cc1cccc(Oc2nc3c(C)cccn3c(=O)c2/C=C(\C#N)c2nc3ccccc3n2C)c1. The highest BCUT2D eigenvalue weighted by Gasteiger charge is 2.18. The van der Waals surface area contributed by atoms with Gasteiger partial charge in [0, 0.05) is 13.2 Å². The van der Waals surface area contributed by atoms with E-state index in [2.05, 4.69) is 16.0 Å². The number of pyridine rings is 1. The molecule has 3 heterocycles. The number of para-hydroxylation sites is 2. The zero-order chi connectivity index (χ0) is 23.8. The minimum absolute atomic E-state index is 0.136. The van der Waals surface area contributed by atoms with Crippen LogP contribution in [0.2, 0.25) is 0 Å². The molecule has 0 spiro atoms. The van der Waals surface area contributed by atoms with E-state index in [0.29, 0.717) is 17.2 Å². The average Bonchev–Trinajstić information content (AvgIpc) is 3.16. The second-order valence-corrected chi connectivity index (χ2v) is 8.09. The van der Waals surface area contributed by atoms with Crippen molar-refractivity contribution in [2.75, 3.05) is 0 Å². The Balaban J connectivity index is 1.76. The highest BCUT2D eigenvalue weighted by atomic mass is 16.5. The molecule has 2 aromatic carbocycles. The molecule has 166 valence electrons. The predicted octanol–water partition coefficient (Wildman–Crippen LogP) is 5.05. The van der Waals surface area contributed by atoms with E-state index in [1.54, 1.807) is 18.3 Å². The lowest BCUT2D eigenvalue weighted by Crippen LogP contribution is -2.19. The number of nitrogens with zero attached hydrogens (tertiary/aromatic N) is 5. The Kier molecular flexibility index (Phi) is 5.19. The topological polar surface area (TPSA) is 85.2 Å². The second-order valence-electron chi connectivity index (χ2n) is 8.09. The molecule has 0 saturated carbocycles. The fraction of sp³-hybridized carbons (Fsp3) is 0.111. The van der Waals surface area contributed by atoms with Crippen molar-refractivity contribution in [1.82, 2.24) is 18.9 Å². The van der Waals surface area contributed by atoms with Crippen molar-refractivity contribution in [2.24, 2.45) is 7.05 Å². The first kappa shape index (κ1) is 21.2. The highest BCUT2D eigenvalue weighted by Crippen LogP contribution is 2.28. The molecule has 0 atom stereocenters. The van der Waals surface area contributed by atoms with Gasteiger partial charge >= 0.3 is 0 Å². The summed E-state index contributed by atoms with van der Waals surface area (Å²) in [4.78, 5) is 22.8. The van der Waals surface area contributed by atoms with Gasteiger partial charge in [-0.25, -0.2) is 4.98 Å². The van der Waals surface area contributed by atoms with Crippen molar-refractivity contribution in [2.45, 2.75) is 13.8 Å². The minimum atomic E-state index is -0.331. The van der Waals surface area contributed by atoms with Crippen LogP contribution in [0.25, 0.3) is 28.3 Å². The molecular formula is C27H21N5O2. The molecule has 0 bridgehead atoms. The summed E-state index contributed by atoms with van der Waals surface area (Å²) in [5.74, 6) is 1.15. The molecule has 5 aromatic rings. The number of fused-ring (bicyclic) bond motifs is 2. The molecule has 0 amide bonds. The van der Waals surface area contributed by atoms with Gasteiger partial charge in [0.1, 0.15) is 23.0 Å². The van der Waals surface area contributed by atoms with E-state index in [9.17, 15) is 10.1 Å². The van der Waals surface area contributed by atoms with E-state index in [1.807, 2.05) is 74.0 Å². The Bertz CT molecular complexity index is 1700. The molecule has 5 rings (SSSR count). The van der Waals surface area contributed by atoms with Gasteiger partial charge in [-0.1, -0.05) is 30.3 Å². The maximum Gasteiger partial charge on any atom is 0.269 e. The lowest BCUT2D eigenvalue weighted by Gasteiger charge is -2.12. The zero-order valence-electron chi connectivity index (χ0n) is 19.0. The van der Waals surface area contributed by atoms with Gasteiger partial charge in [-0.15, -0.1) is 0 Å². The smallest absolute Gasteiger partial charge is 0.269 e. The fourth-order valence-electron chi connectivity index (χ4n) is 3.96. The lowest BCUT2D eigenvalue weighted by molar-refractivity contribution is 0.460. The van der Waals surface area contributed by atoms with Gasteiger partial charge < -0.3 is 9.30 Å². The zero-order valence-corrected chi connectivity index (χ0v) is 19.0. The first-order valence-corrected chi connectivity index (χ1v) is 10.8. The van der Waals surface area contributed by atoms with Gasteiger partial charge in [-0.05, 0) is 61.4 Å². The summed E-state index contributed by atoms with van der Waals surface area (Å²) in [6.07, 6.45) is 3.17. The molecule has 34 heavy (non-hydrogen) atoms. The minimum Gasteiger partial charge on any atom is -0.438 e. The number of aromatic nitrogens is 4. The number of aryl methyl sites for hydroxylation is 3. The quantitative estimate of drug-likeness (QED) is 0.360. The third kappa shape index (κ3) is 3.61. The number of allylic oxidation sites excluding steroid dienone is 1. The van der Waals surface area contributed by atoms with Crippen molar-refractivity contribution in [1.29, 1.82) is 5.26 Å². The second kappa shape index (κ2) is 8.34. The molecule has 0 unspecified atom stereocenters. The summed E-state index contributed by atoms with van der Waals surface area (Å²) >= 11 is 0. The van der Waals surface area contributed by atoms with E-state index in [0.717, 1.165) is 22.2 Å². The summed E-state index contributed by atoms with van der Waals surface area (Å²) in [6, 6.07) is 21.0. The first-order valence-electron chi connectivity index (χ1n) is 10.8. The molecule has 0 N–H and O–H groups in total. The highest BCUT2D eigenvalue weighted by molar-refractivity contribution is 5.91. The van der Waals surface area contributed by atoms with Gasteiger partial charge in [0.05, 0.1) is 16.6 Å². The molecule has 0 aliphatic heterocycles. The third-order valence-corrected chi connectivity index (χ3v) is 5.69. The van der Waals surface area contributed by atoms with E-state index >= 15 is 0 Å². The Morgan fingerprint density at radius 3 is 2.65 bits per heavy atom. The maximum atomic E-state index is 13.6. The average molecular weight is 447 g/mol. The van der Waals surface area contributed by atoms with Gasteiger partial charge in [-0.3, -0.25) is 9.20 Å². The normalized spacial score (nSPS) is 11.6. The Hall–Kier alpha value is -4.70. The van der Waals surface area contributed by atoms with Gasteiger partial charge in [0.2, 0.25) is 5.88 Å². The molecule has 7 heteroatoms. The van der Waals surface area contributed by atoms with Crippen molar-refractivity contribution >= 4 is 28.3 Å². The number of nitriles is 1. The number of hydrogen-bond donors (Lipinski definition) is 0. The van der Waals surface area contributed by atoms with Gasteiger partial charge in [0.15, 0.2) is 5.82 Å². The first-order chi connectivity index (χ1) is 16.5.